The summed E-state index contributed by atoms with van der Waals surface area (Å²) < 4.78 is 4.14. The predicted octanol–water partition coefficient (Wildman–Crippen LogP) is 1.65. The molecule has 2 N–H and O–H groups in total. The van der Waals surface area contributed by atoms with Crippen molar-refractivity contribution >= 4 is 22.4 Å². The minimum Gasteiger partial charge on any atom is -0.383 e. The summed E-state index contributed by atoms with van der Waals surface area (Å²) in [5.41, 5.74) is 5.66. The van der Waals surface area contributed by atoms with Gasteiger partial charge in [-0.3, -0.25) is 4.90 Å². The standard InChI is InChI=1S/C11H20N4S/c1-3-14(4-2)9-5-6-15(8-9)11-7-10(12)13-16-11/h7,9H,3-6,8H2,1-2H3,(H2,12,13). The van der Waals surface area contributed by atoms with Gasteiger partial charge in [0.05, 0.1) is 0 Å². The minimum absolute atomic E-state index is 0.645. The Hall–Kier alpha value is -0.810. The van der Waals surface area contributed by atoms with E-state index in [1.165, 1.54) is 23.0 Å². The van der Waals surface area contributed by atoms with Crippen molar-refractivity contribution in [3.8, 4) is 0 Å². The first-order valence-corrected chi connectivity index (χ1v) is 6.73. The second-order valence-electron chi connectivity index (χ2n) is 4.20. The largest absolute Gasteiger partial charge is 0.383 e. The number of nitrogen functional groups attached to an aromatic ring is 1. The lowest BCUT2D eigenvalue weighted by molar-refractivity contribution is 0.232. The molecule has 2 heterocycles. The summed E-state index contributed by atoms with van der Waals surface area (Å²) in [6, 6.07) is 2.67. The molecule has 1 aliphatic heterocycles. The normalized spacial score (nSPS) is 20.9. The molecule has 0 bridgehead atoms. The summed E-state index contributed by atoms with van der Waals surface area (Å²) in [6.07, 6.45) is 1.25. The van der Waals surface area contributed by atoms with Crippen molar-refractivity contribution in [2.75, 3.05) is 36.8 Å². The Morgan fingerprint density at radius 3 is 2.88 bits per heavy atom. The summed E-state index contributed by atoms with van der Waals surface area (Å²) in [6.45, 7) is 8.99. The van der Waals surface area contributed by atoms with Crippen molar-refractivity contribution in [3.05, 3.63) is 6.07 Å². The molecule has 5 heteroatoms. The zero-order valence-electron chi connectivity index (χ0n) is 10.0. The molecule has 2 rings (SSSR count). The van der Waals surface area contributed by atoms with E-state index in [2.05, 4.69) is 28.0 Å². The van der Waals surface area contributed by atoms with Gasteiger partial charge < -0.3 is 10.6 Å². The number of aromatic nitrogens is 1. The fraction of sp³-hybridized carbons (Fsp3) is 0.727. The topological polar surface area (TPSA) is 45.4 Å². The number of hydrogen-bond acceptors (Lipinski definition) is 5. The highest BCUT2D eigenvalue weighted by molar-refractivity contribution is 7.10. The number of nitrogens with zero attached hydrogens (tertiary/aromatic N) is 3. The fourth-order valence-electron chi connectivity index (χ4n) is 2.41. The minimum atomic E-state index is 0.645. The van der Waals surface area contributed by atoms with Crippen molar-refractivity contribution in [2.45, 2.75) is 26.3 Å². The first-order chi connectivity index (χ1) is 7.74. The molecule has 1 fully saturated rings. The quantitative estimate of drug-likeness (QED) is 0.869. The van der Waals surface area contributed by atoms with Crippen molar-refractivity contribution in [2.24, 2.45) is 0 Å². The first kappa shape index (κ1) is 11.7. The zero-order chi connectivity index (χ0) is 11.5. The third-order valence-electron chi connectivity index (χ3n) is 3.32. The van der Waals surface area contributed by atoms with Gasteiger partial charge in [0.25, 0.3) is 0 Å². The summed E-state index contributed by atoms with van der Waals surface area (Å²) in [5.74, 6) is 0.645. The Balaban J connectivity index is 1.97. The Bertz CT molecular complexity index is 334. The lowest BCUT2D eigenvalue weighted by Crippen LogP contribution is -2.37. The monoisotopic (exact) mass is 240 g/mol. The van der Waals surface area contributed by atoms with Crippen LogP contribution in [-0.4, -0.2) is 41.5 Å². The van der Waals surface area contributed by atoms with E-state index in [-0.39, 0.29) is 0 Å². The molecule has 1 unspecified atom stereocenters. The van der Waals surface area contributed by atoms with Crippen LogP contribution in [0.15, 0.2) is 6.07 Å². The van der Waals surface area contributed by atoms with Crippen LogP contribution >= 0.6 is 11.5 Å². The van der Waals surface area contributed by atoms with Crippen LogP contribution < -0.4 is 10.6 Å². The van der Waals surface area contributed by atoms with Gasteiger partial charge in [-0.05, 0) is 31.0 Å². The molecule has 0 spiro atoms. The lowest BCUT2D eigenvalue weighted by Gasteiger charge is -2.26. The van der Waals surface area contributed by atoms with E-state index in [0.29, 0.717) is 11.9 Å². The number of hydrogen-bond donors (Lipinski definition) is 1. The predicted molar refractivity (Wildman–Crippen MR) is 70.1 cm³/mol. The average molecular weight is 240 g/mol. The molecular formula is C11H20N4S. The molecule has 90 valence electrons. The van der Waals surface area contributed by atoms with E-state index < -0.39 is 0 Å². The third-order valence-corrected chi connectivity index (χ3v) is 4.18. The zero-order valence-corrected chi connectivity index (χ0v) is 10.8. The van der Waals surface area contributed by atoms with Gasteiger partial charge in [0.2, 0.25) is 0 Å². The van der Waals surface area contributed by atoms with Crippen molar-refractivity contribution in [1.29, 1.82) is 0 Å². The molecule has 0 amide bonds. The summed E-state index contributed by atoms with van der Waals surface area (Å²) in [7, 11) is 0. The van der Waals surface area contributed by atoms with E-state index in [1.54, 1.807) is 0 Å². The summed E-state index contributed by atoms with van der Waals surface area (Å²) >= 11 is 1.51. The summed E-state index contributed by atoms with van der Waals surface area (Å²) in [5, 5.41) is 1.21. The molecule has 0 saturated carbocycles. The Morgan fingerprint density at radius 2 is 2.31 bits per heavy atom. The molecule has 1 aliphatic rings. The molecule has 16 heavy (non-hydrogen) atoms. The van der Waals surface area contributed by atoms with Gasteiger partial charge >= 0.3 is 0 Å². The second kappa shape index (κ2) is 5.01. The highest BCUT2D eigenvalue weighted by Crippen LogP contribution is 2.27. The van der Waals surface area contributed by atoms with Crippen LogP contribution in [0.2, 0.25) is 0 Å². The number of likely N-dealkylation sites (N-methyl/N-ethyl adjacent to an activating group) is 1. The van der Waals surface area contributed by atoms with Gasteiger partial charge in [0.15, 0.2) is 0 Å². The van der Waals surface area contributed by atoms with E-state index in [9.17, 15) is 0 Å². The Labute approximate surface area is 101 Å². The molecule has 4 nitrogen and oxygen atoms in total. The number of rotatable bonds is 4. The van der Waals surface area contributed by atoms with Gasteiger partial charge in [-0.15, -0.1) is 0 Å². The van der Waals surface area contributed by atoms with Crippen LogP contribution in [0.3, 0.4) is 0 Å². The van der Waals surface area contributed by atoms with Gasteiger partial charge in [-0.1, -0.05) is 13.8 Å². The van der Waals surface area contributed by atoms with Crippen LogP contribution in [0, 0.1) is 0 Å². The van der Waals surface area contributed by atoms with Gasteiger partial charge in [0.1, 0.15) is 10.8 Å². The lowest BCUT2D eigenvalue weighted by atomic mass is 10.2. The van der Waals surface area contributed by atoms with Crippen LogP contribution in [0.4, 0.5) is 10.8 Å². The van der Waals surface area contributed by atoms with Crippen LogP contribution in [0.25, 0.3) is 0 Å². The third kappa shape index (κ3) is 2.30. The fourth-order valence-corrected chi connectivity index (χ4v) is 3.11. The molecule has 1 aromatic rings. The average Bonchev–Trinajstić information content (AvgIpc) is 2.89. The molecule has 1 atom stereocenters. The van der Waals surface area contributed by atoms with E-state index in [0.717, 1.165) is 26.2 Å². The molecule has 1 aromatic heterocycles. The Morgan fingerprint density at radius 1 is 1.56 bits per heavy atom. The maximum absolute atomic E-state index is 5.66. The first-order valence-electron chi connectivity index (χ1n) is 5.95. The van der Waals surface area contributed by atoms with E-state index >= 15 is 0 Å². The highest BCUT2D eigenvalue weighted by Gasteiger charge is 2.27. The van der Waals surface area contributed by atoms with Crippen LogP contribution in [-0.2, 0) is 0 Å². The Kier molecular flexibility index (Phi) is 3.66. The molecule has 0 aromatic carbocycles. The van der Waals surface area contributed by atoms with Crippen LogP contribution in [0.1, 0.15) is 20.3 Å². The number of anilines is 2. The maximum atomic E-state index is 5.66. The molecule has 0 aliphatic carbocycles. The highest BCUT2D eigenvalue weighted by atomic mass is 32.1. The smallest absolute Gasteiger partial charge is 0.139 e. The second-order valence-corrected chi connectivity index (χ2v) is 4.98. The van der Waals surface area contributed by atoms with Gasteiger partial charge in [-0.2, -0.15) is 4.37 Å². The number of nitrogens with two attached hydrogens (primary N) is 1. The maximum Gasteiger partial charge on any atom is 0.139 e. The molecular weight excluding hydrogens is 220 g/mol. The van der Waals surface area contributed by atoms with Gasteiger partial charge in [0, 0.05) is 25.2 Å². The molecule has 1 saturated heterocycles. The summed E-state index contributed by atoms with van der Waals surface area (Å²) in [4.78, 5) is 4.93. The van der Waals surface area contributed by atoms with Crippen molar-refractivity contribution < 1.29 is 0 Å². The SMILES string of the molecule is CCN(CC)C1CCN(c2cc(N)ns2)C1. The van der Waals surface area contributed by atoms with Crippen molar-refractivity contribution in [1.82, 2.24) is 9.27 Å². The van der Waals surface area contributed by atoms with E-state index in [1.807, 2.05) is 6.07 Å². The van der Waals surface area contributed by atoms with Crippen LogP contribution in [0.5, 0.6) is 0 Å². The molecule has 0 radical (unpaired) electrons. The van der Waals surface area contributed by atoms with Crippen molar-refractivity contribution in [3.63, 3.8) is 0 Å². The van der Waals surface area contributed by atoms with E-state index in [4.69, 9.17) is 5.73 Å². The van der Waals surface area contributed by atoms with Gasteiger partial charge in [-0.25, -0.2) is 0 Å².